The van der Waals surface area contributed by atoms with Crippen molar-refractivity contribution in [2.45, 2.75) is 6.54 Å². The second kappa shape index (κ2) is 3.38. The van der Waals surface area contributed by atoms with Crippen LogP contribution >= 0.6 is 0 Å². The third kappa shape index (κ3) is 1.46. The van der Waals surface area contributed by atoms with Gasteiger partial charge in [0.2, 0.25) is 0 Å². The van der Waals surface area contributed by atoms with Crippen molar-refractivity contribution in [3.05, 3.63) is 23.5 Å². The Hall–Kier alpha value is -1.33. The van der Waals surface area contributed by atoms with Crippen molar-refractivity contribution in [1.82, 2.24) is 5.48 Å². The van der Waals surface area contributed by atoms with E-state index in [9.17, 15) is 4.39 Å². The van der Waals surface area contributed by atoms with Crippen LogP contribution in [-0.2, 0) is 6.54 Å². The molecular weight excluding hydrogens is 165 g/mol. The summed E-state index contributed by atoms with van der Waals surface area (Å²) < 4.78 is 12.9. The van der Waals surface area contributed by atoms with Crippen molar-refractivity contribution in [1.29, 1.82) is 0 Å². The van der Waals surface area contributed by atoms with Crippen LogP contribution in [0, 0.1) is 5.82 Å². The maximum Gasteiger partial charge on any atom is 0.194 e. The molecule has 0 spiro atoms. The van der Waals surface area contributed by atoms with Gasteiger partial charge >= 0.3 is 0 Å². The standard InChI is InChI=1S/C7H8FNO3/c8-6-4(3-9-12)1-2-5(10)7(6)11/h1-2,9-12H,3H2. The van der Waals surface area contributed by atoms with Gasteiger partial charge in [0.1, 0.15) is 0 Å². The van der Waals surface area contributed by atoms with Crippen LogP contribution in [0.5, 0.6) is 11.5 Å². The van der Waals surface area contributed by atoms with Crippen LogP contribution in [0.15, 0.2) is 12.1 Å². The molecule has 5 heteroatoms. The number of hydrogen-bond acceptors (Lipinski definition) is 4. The summed E-state index contributed by atoms with van der Waals surface area (Å²) in [6.07, 6.45) is 0. The lowest BCUT2D eigenvalue weighted by molar-refractivity contribution is 0.159. The van der Waals surface area contributed by atoms with Gasteiger partial charge in [-0.1, -0.05) is 6.07 Å². The van der Waals surface area contributed by atoms with E-state index in [1.807, 2.05) is 0 Å². The average Bonchev–Trinajstić information content (AvgIpc) is 2.07. The predicted molar refractivity (Wildman–Crippen MR) is 38.4 cm³/mol. The third-order valence-corrected chi connectivity index (χ3v) is 1.44. The largest absolute Gasteiger partial charge is 0.504 e. The van der Waals surface area contributed by atoms with Crippen LogP contribution in [0.25, 0.3) is 0 Å². The SMILES string of the molecule is ONCc1ccc(O)c(O)c1F. The molecule has 0 heterocycles. The fourth-order valence-electron chi connectivity index (χ4n) is 0.818. The second-order valence-corrected chi connectivity index (χ2v) is 2.24. The Balaban J connectivity index is 3.08. The highest BCUT2D eigenvalue weighted by Crippen LogP contribution is 2.29. The Kier molecular flexibility index (Phi) is 2.47. The number of phenolic OH excluding ortho intramolecular Hbond substituents is 2. The number of aromatic hydroxyl groups is 2. The van der Waals surface area contributed by atoms with Gasteiger partial charge in [-0.15, -0.1) is 0 Å². The number of nitrogens with one attached hydrogen (secondary N) is 1. The minimum atomic E-state index is -0.934. The first-order chi connectivity index (χ1) is 5.66. The summed E-state index contributed by atoms with van der Waals surface area (Å²) in [6.45, 7) is -0.125. The molecule has 0 fully saturated rings. The molecule has 66 valence electrons. The highest BCUT2D eigenvalue weighted by Gasteiger charge is 2.10. The topological polar surface area (TPSA) is 72.7 Å². The highest BCUT2D eigenvalue weighted by molar-refractivity contribution is 5.42. The minimum Gasteiger partial charge on any atom is -0.504 e. The zero-order chi connectivity index (χ0) is 9.14. The fraction of sp³-hybridized carbons (Fsp3) is 0.143. The van der Waals surface area contributed by atoms with Gasteiger partial charge in [0, 0.05) is 12.1 Å². The molecule has 0 aliphatic rings. The van der Waals surface area contributed by atoms with Gasteiger partial charge in [0.05, 0.1) is 0 Å². The number of rotatable bonds is 2. The van der Waals surface area contributed by atoms with Crippen LogP contribution < -0.4 is 5.48 Å². The molecule has 0 aliphatic carbocycles. The minimum absolute atomic E-state index is 0.0767. The van der Waals surface area contributed by atoms with E-state index in [0.29, 0.717) is 0 Å². The van der Waals surface area contributed by atoms with Gasteiger partial charge in [-0.05, 0) is 6.07 Å². The molecule has 1 rings (SSSR count). The molecule has 0 amide bonds. The summed E-state index contributed by atoms with van der Waals surface area (Å²) >= 11 is 0. The van der Waals surface area contributed by atoms with Crippen molar-refractivity contribution < 1.29 is 19.8 Å². The van der Waals surface area contributed by atoms with E-state index >= 15 is 0 Å². The lowest BCUT2D eigenvalue weighted by atomic mass is 10.2. The Morgan fingerprint density at radius 1 is 1.33 bits per heavy atom. The zero-order valence-electron chi connectivity index (χ0n) is 6.08. The van der Waals surface area contributed by atoms with E-state index in [2.05, 4.69) is 0 Å². The normalized spacial score (nSPS) is 10.2. The van der Waals surface area contributed by atoms with Crippen molar-refractivity contribution in [3.8, 4) is 11.5 Å². The lowest BCUT2D eigenvalue weighted by Gasteiger charge is -2.04. The van der Waals surface area contributed by atoms with E-state index in [4.69, 9.17) is 15.4 Å². The smallest absolute Gasteiger partial charge is 0.194 e. The molecule has 0 aromatic heterocycles. The van der Waals surface area contributed by atoms with Gasteiger partial charge in [0.15, 0.2) is 17.3 Å². The summed E-state index contributed by atoms with van der Waals surface area (Å²) in [5.74, 6) is -2.26. The zero-order valence-corrected chi connectivity index (χ0v) is 6.08. The Morgan fingerprint density at radius 3 is 2.58 bits per heavy atom. The summed E-state index contributed by atoms with van der Waals surface area (Å²) in [7, 11) is 0. The first kappa shape index (κ1) is 8.76. The molecule has 4 N–H and O–H groups in total. The summed E-state index contributed by atoms with van der Waals surface area (Å²) in [5, 5.41) is 25.9. The molecule has 4 nitrogen and oxygen atoms in total. The third-order valence-electron chi connectivity index (χ3n) is 1.44. The van der Waals surface area contributed by atoms with Gasteiger partial charge in [-0.2, -0.15) is 0 Å². The van der Waals surface area contributed by atoms with Crippen LogP contribution in [0.2, 0.25) is 0 Å². The quantitative estimate of drug-likeness (QED) is 0.392. The fourth-order valence-corrected chi connectivity index (χ4v) is 0.818. The van der Waals surface area contributed by atoms with Gasteiger partial charge in [-0.25, -0.2) is 9.87 Å². The van der Waals surface area contributed by atoms with Crippen LogP contribution in [-0.4, -0.2) is 15.4 Å². The van der Waals surface area contributed by atoms with E-state index < -0.39 is 17.3 Å². The molecular formula is C7H8FNO3. The molecule has 0 unspecified atom stereocenters. The van der Waals surface area contributed by atoms with Crippen molar-refractivity contribution in [3.63, 3.8) is 0 Å². The number of hydroxylamine groups is 1. The molecule has 0 bridgehead atoms. The van der Waals surface area contributed by atoms with Crippen molar-refractivity contribution in [2.24, 2.45) is 0 Å². The van der Waals surface area contributed by atoms with Gasteiger partial charge in [0.25, 0.3) is 0 Å². The Morgan fingerprint density at radius 2 is 2.00 bits per heavy atom. The van der Waals surface area contributed by atoms with Gasteiger partial charge in [-0.3, -0.25) is 0 Å². The highest BCUT2D eigenvalue weighted by atomic mass is 19.1. The van der Waals surface area contributed by atoms with Crippen molar-refractivity contribution in [2.75, 3.05) is 0 Å². The van der Waals surface area contributed by atoms with Gasteiger partial charge < -0.3 is 15.4 Å². The van der Waals surface area contributed by atoms with Crippen LogP contribution in [0.1, 0.15) is 5.56 Å². The molecule has 0 aliphatic heterocycles. The number of benzene rings is 1. The summed E-state index contributed by atoms with van der Waals surface area (Å²) in [4.78, 5) is 0. The molecule has 0 saturated heterocycles. The lowest BCUT2D eigenvalue weighted by Crippen LogP contribution is -2.07. The number of halogens is 1. The first-order valence-electron chi connectivity index (χ1n) is 3.23. The second-order valence-electron chi connectivity index (χ2n) is 2.24. The summed E-state index contributed by atoms with van der Waals surface area (Å²) in [5.41, 5.74) is 1.82. The Labute approximate surface area is 67.8 Å². The van der Waals surface area contributed by atoms with Crippen LogP contribution in [0.4, 0.5) is 4.39 Å². The monoisotopic (exact) mass is 173 g/mol. The van der Waals surface area contributed by atoms with Crippen LogP contribution in [0.3, 0.4) is 0 Å². The average molecular weight is 173 g/mol. The van der Waals surface area contributed by atoms with E-state index in [1.54, 1.807) is 5.48 Å². The maximum atomic E-state index is 12.9. The molecule has 1 aromatic carbocycles. The maximum absolute atomic E-state index is 12.9. The predicted octanol–water partition coefficient (Wildman–Crippen LogP) is 0.716. The molecule has 12 heavy (non-hydrogen) atoms. The first-order valence-corrected chi connectivity index (χ1v) is 3.23. The molecule has 0 atom stereocenters. The van der Waals surface area contributed by atoms with Crippen molar-refractivity contribution >= 4 is 0 Å². The number of phenols is 2. The molecule has 1 aromatic rings. The Bertz CT molecular complexity index is 290. The van der Waals surface area contributed by atoms with E-state index in [0.717, 1.165) is 6.07 Å². The summed E-state index contributed by atoms with van der Waals surface area (Å²) in [6, 6.07) is 2.40. The number of hydrogen-bond donors (Lipinski definition) is 4. The van der Waals surface area contributed by atoms with E-state index in [-0.39, 0.29) is 12.1 Å². The molecule has 0 radical (unpaired) electrons. The van der Waals surface area contributed by atoms with E-state index in [1.165, 1.54) is 6.07 Å². The molecule has 0 saturated carbocycles.